The number of fused-ring (bicyclic) bond motifs is 1. The van der Waals surface area contributed by atoms with Crippen molar-refractivity contribution in [1.82, 2.24) is 4.90 Å². The molecule has 2 fully saturated rings. The monoisotopic (exact) mass is 553 g/mol. The summed E-state index contributed by atoms with van der Waals surface area (Å²) in [5.41, 5.74) is -0.578. The number of ketones is 1. The molecule has 2 saturated heterocycles. The van der Waals surface area contributed by atoms with Crippen LogP contribution >= 0.6 is 0 Å². The molecule has 0 bridgehead atoms. The number of epoxide rings is 1. The second-order valence-electron chi connectivity index (χ2n) is 12.7. The molecule has 3 aliphatic rings. The normalized spacial score (nSPS) is 47.4. The van der Waals surface area contributed by atoms with Gasteiger partial charge < -0.3 is 34.1 Å². The fraction of sp³-hybridized carbons (Fsp3) is 0.867. The van der Waals surface area contributed by atoms with E-state index in [0.717, 1.165) is 0 Å². The number of allylic oxidation sites excluding steroid dienone is 1. The lowest BCUT2D eigenvalue weighted by atomic mass is 9.82. The number of rotatable bonds is 4. The minimum absolute atomic E-state index is 0.00209. The molecule has 4 unspecified atom stereocenters. The Morgan fingerprint density at radius 2 is 1.74 bits per heavy atom. The van der Waals surface area contributed by atoms with E-state index in [0.29, 0.717) is 19.3 Å². The highest BCUT2D eigenvalue weighted by Crippen LogP contribution is 2.44. The minimum atomic E-state index is -1.04. The Hall–Kier alpha value is -1.36. The van der Waals surface area contributed by atoms with Crippen molar-refractivity contribution < 1.29 is 38.7 Å². The van der Waals surface area contributed by atoms with Gasteiger partial charge in [-0.15, -0.1) is 0 Å². The van der Waals surface area contributed by atoms with E-state index in [2.05, 4.69) is 0 Å². The summed E-state index contributed by atoms with van der Waals surface area (Å²) >= 11 is 0. The van der Waals surface area contributed by atoms with E-state index in [-0.39, 0.29) is 54.3 Å². The van der Waals surface area contributed by atoms with Crippen LogP contribution in [-0.2, 0) is 28.5 Å². The highest BCUT2D eigenvalue weighted by atomic mass is 16.7. The number of hydrogen-bond acceptors (Lipinski definition) is 9. The second kappa shape index (κ2) is 13.1. The van der Waals surface area contributed by atoms with Gasteiger partial charge in [0.2, 0.25) is 0 Å². The largest absolute Gasteiger partial charge is 0.462 e. The number of aliphatic hydroxyl groups is 2. The molecule has 3 heterocycles. The highest BCUT2D eigenvalue weighted by Gasteiger charge is 2.55. The summed E-state index contributed by atoms with van der Waals surface area (Å²) in [7, 11) is 3.83. The number of carbonyl (C=O) groups excluding carboxylic acids is 2. The fourth-order valence-corrected chi connectivity index (χ4v) is 6.36. The quantitative estimate of drug-likeness (QED) is 0.400. The average Bonchev–Trinajstić information content (AvgIpc) is 3.55. The third-order valence-corrected chi connectivity index (χ3v) is 9.06. The van der Waals surface area contributed by atoms with Crippen LogP contribution in [0.15, 0.2) is 12.2 Å². The number of cyclic esters (lactones) is 1. The Balaban J connectivity index is 1.88. The number of esters is 1. The summed E-state index contributed by atoms with van der Waals surface area (Å²) in [6, 6.07) is -0.149. The maximum Gasteiger partial charge on any atom is 0.308 e. The third kappa shape index (κ3) is 7.68. The first-order valence-corrected chi connectivity index (χ1v) is 14.6. The number of likely N-dealkylation sites (N-methyl/N-ethyl adjacent to an activating group) is 1. The molecule has 0 amide bonds. The predicted octanol–water partition coefficient (Wildman–Crippen LogP) is 3.10. The molecule has 3 rings (SSSR count). The van der Waals surface area contributed by atoms with Crippen LogP contribution in [-0.4, -0.2) is 95.5 Å². The lowest BCUT2D eigenvalue weighted by Gasteiger charge is -2.44. The van der Waals surface area contributed by atoms with E-state index in [1.54, 1.807) is 6.08 Å². The van der Waals surface area contributed by atoms with Crippen LogP contribution < -0.4 is 0 Å². The van der Waals surface area contributed by atoms with Gasteiger partial charge in [-0.2, -0.15) is 0 Å². The van der Waals surface area contributed by atoms with Gasteiger partial charge >= 0.3 is 5.97 Å². The molecule has 9 nitrogen and oxygen atoms in total. The molecular weight excluding hydrogens is 502 g/mol. The summed E-state index contributed by atoms with van der Waals surface area (Å²) in [6.07, 6.45) is 0.957. The van der Waals surface area contributed by atoms with E-state index in [9.17, 15) is 19.8 Å². The molecule has 39 heavy (non-hydrogen) atoms. The summed E-state index contributed by atoms with van der Waals surface area (Å²) in [4.78, 5) is 28.0. The standard InChI is InChI=1S/C30H51NO8/c1-10-24-20(6)28-30(7,39-28)12-11-22(32)16(2)13-17(3)27(19(5)23(33)15-25(34)37-24)38-29-26(35)21(31(8)9)14-18(4)36-29/h11-12,16-21,23-24,26-29,33,35H,10,13-15H2,1-9H3/b12-11+/t16-,17+,18?,19+,20-,21?,23-,24-,26?,27+,28+,29?,30+/m1/s1. The first kappa shape index (κ1) is 32.2. The first-order chi connectivity index (χ1) is 18.2. The van der Waals surface area contributed by atoms with Gasteiger partial charge in [-0.3, -0.25) is 9.59 Å². The van der Waals surface area contributed by atoms with Crippen molar-refractivity contribution in [2.45, 2.75) is 129 Å². The maximum absolute atomic E-state index is 13.1. The van der Waals surface area contributed by atoms with E-state index >= 15 is 0 Å². The van der Waals surface area contributed by atoms with Gasteiger partial charge in [0.15, 0.2) is 12.1 Å². The van der Waals surface area contributed by atoms with Crippen LogP contribution in [0.4, 0.5) is 0 Å². The highest BCUT2D eigenvalue weighted by molar-refractivity contribution is 5.91. The van der Waals surface area contributed by atoms with Crippen molar-refractivity contribution in [3.05, 3.63) is 12.2 Å². The average molecular weight is 554 g/mol. The van der Waals surface area contributed by atoms with Gasteiger partial charge in [-0.25, -0.2) is 0 Å². The molecule has 0 aromatic carbocycles. The molecule has 13 atom stereocenters. The summed E-state index contributed by atoms with van der Waals surface area (Å²) in [5.74, 6) is -1.51. The van der Waals surface area contributed by atoms with Crippen LogP contribution in [0, 0.1) is 23.7 Å². The zero-order valence-electron chi connectivity index (χ0n) is 25.2. The Kier molecular flexibility index (Phi) is 10.8. The molecule has 9 heteroatoms. The van der Waals surface area contributed by atoms with Gasteiger partial charge in [0, 0.05) is 23.8 Å². The molecule has 224 valence electrons. The van der Waals surface area contributed by atoms with Crippen molar-refractivity contribution in [3.8, 4) is 0 Å². The molecule has 0 aromatic rings. The number of hydrogen-bond donors (Lipinski definition) is 2. The van der Waals surface area contributed by atoms with E-state index in [1.165, 1.54) is 0 Å². The smallest absolute Gasteiger partial charge is 0.308 e. The van der Waals surface area contributed by atoms with Crippen LogP contribution in [0.3, 0.4) is 0 Å². The Morgan fingerprint density at radius 1 is 1.08 bits per heavy atom. The van der Waals surface area contributed by atoms with Crippen LogP contribution in [0.5, 0.6) is 0 Å². The molecule has 0 radical (unpaired) electrons. The first-order valence-electron chi connectivity index (χ1n) is 14.6. The lowest BCUT2D eigenvalue weighted by molar-refractivity contribution is -0.282. The van der Waals surface area contributed by atoms with Crippen LogP contribution in [0.2, 0.25) is 0 Å². The van der Waals surface area contributed by atoms with Crippen LogP contribution in [0.1, 0.15) is 74.1 Å². The van der Waals surface area contributed by atoms with Crippen molar-refractivity contribution in [2.75, 3.05) is 14.1 Å². The Bertz CT molecular complexity index is 879. The number of carbonyl (C=O) groups is 2. The third-order valence-electron chi connectivity index (χ3n) is 9.06. The SMILES string of the molecule is CC[C@H]1OC(=O)C[C@@H](O)[C@H](C)[C@@H](OC2OC(C)CC(N(C)C)C2O)[C@@H](C)C[C@@H](C)C(=O)/C=C/[C@]2(C)O[C@H]2[C@@H]1C. The van der Waals surface area contributed by atoms with Crippen molar-refractivity contribution >= 4 is 11.8 Å². The predicted molar refractivity (Wildman–Crippen MR) is 147 cm³/mol. The maximum atomic E-state index is 13.1. The topological polar surface area (TPSA) is 118 Å². The summed E-state index contributed by atoms with van der Waals surface area (Å²) in [6.45, 7) is 13.5. The number of ether oxygens (including phenoxy) is 4. The number of nitrogens with zero attached hydrogens (tertiary/aromatic N) is 1. The molecule has 0 aliphatic carbocycles. The van der Waals surface area contributed by atoms with Gasteiger partial charge in [0.05, 0.1) is 30.8 Å². The van der Waals surface area contributed by atoms with Crippen molar-refractivity contribution in [1.29, 1.82) is 0 Å². The molecule has 0 aromatic heterocycles. The van der Waals surface area contributed by atoms with Gasteiger partial charge in [0.1, 0.15) is 17.8 Å². The molecule has 0 saturated carbocycles. The van der Waals surface area contributed by atoms with E-state index in [1.807, 2.05) is 73.5 Å². The second-order valence-corrected chi connectivity index (χ2v) is 12.7. The zero-order chi connectivity index (χ0) is 29.2. The van der Waals surface area contributed by atoms with Crippen molar-refractivity contribution in [2.24, 2.45) is 23.7 Å². The van der Waals surface area contributed by atoms with Crippen molar-refractivity contribution in [3.63, 3.8) is 0 Å². The summed E-state index contributed by atoms with van der Waals surface area (Å²) in [5, 5.41) is 22.3. The summed E-state index contributed by atoms with van der Waals surface area (Å²) < 4.78 is 24.3. The molecule has 2 N–H and O–H groups in total. The molecular formula is C30H51NO8. The Morgan fingerprint density at radius 3 is 2.36 bits per heavy atom. The van der Waals surface area contributed by atoms with Gasteiger partial charge in [-0.1, -0.05) is 34.6 Å². The number of aliphatic hydroxyl groups excluding tert-OH is 2. The van der Waals surface area contributed by atoms with Gasteiger partial charge in [0.25, 0.3) is 0 Å². The zero-order valence-corrected chi connectivity index (χ0v) is 25.2. The minimum Gasteiger partial charge on any atom is -0.462 e. The van der Waals surface area contributed by atoms with E-state index < -0.39 is 42.1 Å². The van der Waals surface area contributed by atoms with E-state index in [4.69, 9.17) is 18.9 Å². The Labute approximate surface area is 234 Å². The van der Waals surface area contributed by atoms with Gasteiger partial charge in [-0.05, 0) is 65.3 Å². The van der Waals surface area contributed by atoms with Crippen LogP contribution in [0.25, 0.3) is 0 Å². The molecule has 0 spiro atoms. The molecule has 3 aliphatic heterocycles. The fourth-order valence-electron chi connectivity index (χ4n) is 6.36. The lowest BCUT2D eigenvalue weighted by Crippen LogP contribution is -2.56.